The van der Waals surface area contributed by atoms with E-state index in [2.05, 4.69) is 29.5 Å². The Morgan fingerprint density at radius 2 is 2.00 bits per heavy atom. The molecule has 1 rings (SSSR count). The average molecular weight is 411 g/mol. The summed E-state index contributed by atoms with van der Waals surface area (Å²) in [4.78, 5) is 25.8. The van der Waals surface area contributed by atoms with Gasteiger partial charge in [-0.1, -0.05) is 29.5 Å². The van der Waals surface area contributed by atoms with E-state index < -0.39 is 5.60 Å². The van der Waals surface area contributed by atoms with E-state index in [-0.39, 0.29) is 23.9 Å². The van der Waals surface area contributed by atoms with Crippen molar-refractivity contribution in [2.75, 3.05) is 20.2 Å². The highest BCUT2D eigenvalue weighted by atomic mass is 127. The summed E-state index contributed by atoms with van der Waals surface area (Å²) >= 11 is 2.35. The first-order chi connectivity index (χ1) is 9.64. The van der Waals surface area contributed by atoms with E-state index in [0.29, 0.717) is 23.4 Å². The van der Waals surface area contributed by atoms with Crippen LogP contribution in [0.5, 0.6) is 0 Å². The summed E-state index contributed by atoms with van der Waals surface area (Å²) < 4.78 is 10.8. The van der Waals surface area contributed by atoms with Gasteiger partial charge in [0.15, 0.2) is 0 Å². The molecular weight excluding hydrogens is 385 g/mol. The summed E-state index contributed by atoms with van der Waals surface area (Å²) in [7, 11) is 1.42. The largest absolute Gasteiger partial charge is 0.469 e. The number of methoxy groups -OCH3 is 1. The van der Waals surface area contributed by atoms with Gasteiger partial charge in [0.25, 0.3) is 0 Å². The van der Waals surface area contributed by atoms with Gasteiger partial charge in [0.1, 0.15) is 5.60 Å². The van der Waals surface area contributed by atoms with Crippen molar-refractivity contribution in [3.8, 4) is 0 Å². The summed E-state index contributed by atoms with van der Waals surface area (Å²) in [5.41, 5.74) is -0.498. The third-order valence-corrected chi connectivity index (χ3v) is 4.03. The molecule has 0 aliphatic carbocycles. The van der Waals surface area contributed by atoms with Gasteiger partial charge in [-0.3, -0.25) is 4.79 Å². The number of hydrogen-bond acceptors (Lipinski definition) is 4. The van der Waals surface area contributed by atoms with Crippen molar-refractivity contribution in [2.45, 2.75) is 50.1 Å². The van der Waals surface area contributed by atoms with E-state index in [4.69, 9.17) is 9.47 Å². The highest BCUT2D eigenvalue weighted by Gasteiger charge is 2.37. The molecule has 0 aromatic carbocycles. The van der Waals surface area contributed by atoms with Gasteiger partial charge in [-0.15, -0.1) is 0 Å². The predicted octanol–water partition coefficient (Wildman–Crippen LogP) is 3.25. The fraction of sp³-hybridized carbons (Fsp3) is 0.867. The summed E-state index contributed by atoms with van der Waals surface area (Å²) in [5.74, 6) is -0.155. The molecule has 3 unspecified atom stereocenters. The Labute approximate surface area is 140 Å². The molecular formula is C15H26INO4. The molecule has 21 heavy (non-hydrogen) atoms. The molecule has 1 saturated heterocycles. The number of ether oxygens (including phenoxy) is 2. The maximum atomic E-state index is 12.2. The number of esters is 1. The van der Waals surface area contributed by atoms with E-state index >= 15 is 0 Å². The van der Waals surface area contributed by atoms with Gasteiger partial charge in [0.2, 0.25) is 0 Å². The van der Waals surface area contributed by atoms with Crippen molar-refractivity contribution in [3.05, 3.63) is 0 Å². The fourth-order valence-electron chi connectivity index (χ4n) is 2.64. The molecule has 0 saturated carbocycles. The first-order valence-corrected chi connectivity index (χ1v) is 8.58. The van der Waals surface area contributed by atoms with Crippen LogP contribution >= 0.6 is 22.6 Å². The molecule has 1 heterocycles. The first-order valence-electron chi connectivity index (χ1n) is 7.34. The molecule has 0 bridgehead atoms. The minimum absolute atomic E-state index is 0.120. The maximum Gasteiger partial charge on any atom is 0.410 e. The third-order valence-electron chi connectivity index (χ3n) is 3.52. The second-order valence-electron chi connectivity index (χ2n) is 6.62. The smallest absolute Gasteiger partial charge is 0.410 e. The molecule has 122 valence electrons. The molecule has 1 amide bonds. The van der Waals surface area contributed by atoms with Gasteiger partial charge in [0, 0.05) is 17.0 Å². The normalized spacial score (nSPS) is 24.4. The molecule has 1 fully saturated rings. The Bertz CT molecular complexity index is 378. The van der Waals surface area contributed by atoms with Gasteiger partial charge >= 0.3 is 12.1 Å². The van der Waals surface area contributed by atoms with Crippen LogP contribution < -0.4 is 0 Å². The highest BCUT2D eigenvalue weighted by Crippen LogP contribution is 2.31. The van der Waals surface area contributed by atoms with Gasteiger partial charge in [0.05, 0.1) is 13.0 Å². The van der Waals surface area contributed by atoms with Crippen LogP contribution in [0, 0.1) is 11.8 Å². The number of carbonyl (C=O) groups excluding carboxylic acids is 2. The Hall–Kier alpha value is -0.530. The molecule has 3 atom stereocenters. The molecule has 0 N–H and O–H groups in total. The number of halogens is 1. The van der Waals surface area contributed by atoms with Gasteiger partial charge < -0.3 is 14.4 Å². The van der Waals surface area contributed by atoms with Crippen molar-refractivity contribution in [2.24, 2.45) is 11.8 Å². The second-order valence-corrected chi connectivity index (χ2v) is 8.75. The summed E-state index contributed by atoms with van der Waals surface area (Å²) in [5, 5.41) is 0. The van der Waals surface area contributed by atoms with E-state index in [1.54, 1.807) is 4.90 Å². The Balaban J connectivity index is 2.74. The number of piperidine rings is 1. The lowest BCUT2D eigenvalue weighted by Gasteiger charge is -2.38. The summed E-state index contributed by atoms with van der Waals surface area (Å²) in [6.45, 7) is 8.79. The van der Waals surface area contributed by atoms with Crippen LogP contribution in [-0.2, 0) is 14.3 Å². The second kappa shape index (κ2) is 7.65. The van der Waals surface area contributed by atoms with E-state index in [0.717, 1.165) is 6.42 Å². The topological polar surface area (TPSA) is 55.8 Å². The van der Waals surface area contributed by atoms with Gasteiger partial charge in [-0.05, 0) is 39.5 Å². The van der Waals surface area contributed by atoms with Crippen LogP contribution in [-0.4, -0.2) is 46.7 Å². The summed E-state index contributed by atoms with van der Waals surface area (Å²) in [6.07, 6.45) is 1.23. The van der Waals surface area contributed by atoms with Crippen LogP contribution in [0.4, 0.5) is 4.79 Å². The lowest BCUT2D eigenvalue weighted by molar-refractivity contribution is -0.149. The number of rotatable bonds is 3. The standard InChI is InChI=1S/C15H26INO4/c1-10(16)8-11-9-17(14(19)21-15(2,3)4)7-6-12(11)13(18)20-5/h10-12H,6-9H2,1-5H3. The van der Waals surface area contributed by atoms with Crippen LogP contribution in [0.2, 0.25) is 0 Å². The van der Waals surface area contributed by atoms with Crippen molar-refractivity contribution in [3.63, 3.8) is 0 Å². The van der Waals surface area contributed by atoms with Crippen molar-refractivity contribution >= 4 is 34.7 Å². The zero-order valence-electron chi connectivity index (χ0n) is 13.5. The molecule has 5 nitrogen and oxygen atoms in total. The minimum Gasteiger partial charge on any atom is -0.469 e. The fourth-order valence-corrected chi connectivity index (χ4v) is 3.30. The number of carbonyl (C=O) groups is 2. The van der Waals surface area contributed by atoms with E-state index in [1.807, 2.05) is 20.8 Å². The lowest BCUT2D eigenvalue weighted by Crippen LogP contribution is -2.48. The molecule has 0 aromatic rings. The molecule has 0 spiro atoms. The maximum absolute atomic E-state index is 12.2. The predicted molar refractivity (Wildman–Crippen MR) is 89.5 cm³/mol. The SMILES string of the molecule is COC(=O)C1CCN(C(=O)OC(C)(C)C)CC1CC(C)I. The number of likely N-dealkylation sites (tertiary alicyclic amines) is 1. The molecule has 0 radical (unpaired) electrons. The Morgan fingerprint density at radius 3 is 2.48 bits per heavy atom. The quantitative estimate of drug-likeness (QED) is 0.407. The zero-order chi connectivity index (χ0) is 16.2. The van der Waals surface area contributed by atoms with Crippen LogP contribution in [0.3, 0.4) is 0 Å². The van der Waals surface area contributed by atoms with E-state index in [9.17, 15) is 9.59 Å². The van der Waals surface area contributed by atoms with Crippen molar-refractivity contribution in [1.82, 2.24) is 4.90 Å². The third kappa shape index (κ3) is 6.00. The molecule has 1 aliphatic rings. The lowest BCUT2D eigenvalue weighted by atomic mass is 9.83. The highest BCUT2D eigenvalue weighted by molar-refractivity contribution is 14.1. The van der Waals surface area contributed by atoms with Crippen LogP contribution in [0.25, 0.3) is 0 Å². The number of amides is 1. The summed E-state index contributed by atoms with van der Waals surface area (Å²) in [6, 6.07) is 0. The Morgan fingerprint density at radius 1 is 1.38 bits per heavy atom. The molecule has 1 aliphatic heterocycles. The van der Waals surface area contributed by atoms with Crippen molar-refractivity contribution in [1.29, 1.82) is 0 Å². The van der Waals surface area contributed by atoms with Crippen LogP contribution in [0.1, 0.15) is 40.5 Å². The Kier molecular flexibility index (Phi) is 6.74. The number of nitrogens with zero attached hydrogens (tertiary/aromatic N) is 1. The van der Waals surface area contributed by atoms with Gasteiger partial charge in [-0.2, -0.15) is 0 Å². The zero-order valence-corrected chi connectivity index (χ0v) is 15.7. The monoisotopic (exact) mass is 411 g/mol. The molecule has 0 aromatic heterocycles. The van der Waals surface area contributed by atoms with E-state index in [1.165, 1.54) is 7.11 Å². The average Bonchev–Trinajstić information content (AvgIpc) is 2.35. The van der Waals surface area contributed by atoms with Crippen molar-refractivity contribution < 1.29 is 19.1 Å². The molecule has 6 heteroatoms. The minimum atomic E-state index is -0.498. The first kappa shape index (κ1) is 18.5. The number of alkyl halides is 1. The number of hydrogen-bond donors (Lipinski definition) is 0. The van der Waals surface area contributed by atoms with Gasteiger partial charge in [-0.25, -0.2) is 4.79 Å². The van der Waals surface area contributed by atoms with Crippen LogP contribution in [0.15, 0.2) is 0 Å².